The predicted octanol–water partition coefficient (Wildman–Crippen LogP) is 15.1. The van der Waals surface area contributed by atoms with Crippen LogP contribution in [0.1, 0.15) is 316 Å². The zero-order chi connectivity index (χ0) is 63.1. The highest BCUT2D eigenvalue weighted by molar-refractivity contribution is 5.76. The van der Waals surface area contributed by atoms with Gasteiger partial charge in [-0.05, 0) is 57.8 Å². The Labute approximate surface area is 531 Å². The standard InChI is InChI=1S/C73H135NO13/c1-3-5-7-9-11-13-15-17-19-21-23-25-27-29-30-31-32-33-35-37-39-41-43-45-47-49-51-53-55-57-65(78)74-61(60-84-72-70(83)68(81)71(64(59-76)86-72)87-73-69(82)67(80)66(79)63(58-75)85-73)62(77)56-54-52-50-48-46-44-42-40-38-36-34-28-26-24-22-20-18-16-14-12-10-8-6-4-2/h15,17,21,23,27,29,54,56,61-64,66-73,75-77,79-83H,3-14,16,18-20,22,24-26,28,30-53,55,57-60H2,1-2H3,(H,74,78)/b17-15-,23-21-,29-27-,56-54+. The van der Waals surface area contributed by atoms with Crippen LogP contribution >= 0.6 is 0 Å². The maximum atomic E-state index is 13.3. The number of nitrogens with one attached hydrogen (secondary N) is 1. The number of unbranched alkanes of at least 4 members (excludes halogenated alkanes) is 41. The van der Waals surface area contributed by atoms with E-state index in [-0.39, 0.29) is 18.9 Å². The zero-order valence-electron chi connectivity index (χ0n) is 55.5. The van der Waals surface area contributed by atoms with Crippen molar-refractivity contribution < 1.29 is 64.6 Å². The molecule has 2 aliphatic rings. The molecule has 0 aromatic heterocycles. The first-order valence-corrected chi connectivity index (χ1v) is 36.4. The van der Waals surface area contributed by atoms with Gasteiger partial charge in [-0.1, -0.05) is 300 Å². The number of carbonyl (C=O) groups is 1. The summed E-state index contributed by atoms with van der Waals surface area (Å²) in [6.07, 6.45) is 58.7. The molecular weight excluding hydrogens is 1100 g/mol. The van der Waals surface area contributed by atoms with Crippen LogP contribution in [0.25, 0.3) is 0 Å². The molecule has 14 nitrogen and oxygen atoms in total. The van der Waals surface area contributed by atoms with Crippen molar-refractivity contribution in [2.45, 2.75) is 389 Å². The van der Waals surface area contributed by atoms with Crippen LogP contribution in [0.3, 0.4) is 0 Å². The predicted molar refractivity (Wildman–Crippen MR) is 355 cm³/mol. The molecule has 0 spiro atoms. The number of aliphatic hydroxyl groups excluding tert-OH is 8. The number of allylic oxidation sites excluding steroid dienone is 7. The minimum Gasteiger partial charge on any atom is -0.394 e. The zero-order valence-corrected chi connectivity index (χ0v) is 55.5. The molecule has 87 heavy (non-hydrogen) atoms. The van der Waals surface area contributed by atoms with Crippen molar-refractivity contribution in [2.24, 2.45) is 0 Å². The monoisotopic (exact) mass is 1230 g/mol. The van der Waals surface area contributed by atoms with Crippen LogP contribution in [0, 0.1) is 0 Å². The van der Waals surface area contributed by atoms with Crippen LogP contribution in [0.2, 0.25) is 0 Å². The van der Waals surface area contributed by atoms with Gasteiger partial charge in [-0.25, -0.2) is 0 Å². The summed E-state index contributed by atoms with van der Waals surface area (Å²) >= 11 is 0. The molecular formula is C73H135NO13. The van der Waals surface area contributed by atoms with Crippen LogP contribution in [0.15, 0.2) is 48.6 Å². The molecule has 0 bridgehead atoms. The highest BCUT2D eigenvalue weighted by Gasteiger charge is 2.51. The lowest BCUT2D eigenvalue weighted by molar-refractivity contribution is -0.359. The van der Waals surface area contributed by atoms with Gasteiger partial charge in [-0.2, -0.15) is 0 Å². The fourth-order valence-corrected chi connectivity index (χ4v) is 11.9. The van der Waals surface area contributed by atoms with Crippen molar-refractivity contribution >= 4 is 5.91 Å². The average Bonchev–Trinajstić information content (AvgIpc) is 1.55. The number of hydrogen-bond acceptors (Lipinski definition) is 13. The van der Waals surface area contributed by atoms with Crippen LogP contribution in [0.5, 0.6) is 0 Å². The van der Waals surface area contributed by atoms with E-state index in [0.29, 0.717) is 6.42 Å². The average molecular weight is 1230 g/mol. The van der Waals surface area contributed by atoms with E-state index in [0.717, 1.165) is 51.4 Å². The molecule has 9 N–H and O–H groups in total. The first-order valence-electron chi connectivity index (χ1n) is 36.4. The molecule has 0 aliphatic carbocycles. The largest absolute Gasteiger partial charge is 0.394 e. The summed E-state index contributed by atoms with van der Waals surface area (Å²) in [4.78, 5) is 13.3. The molecule has 12 unspecified atom stereocenters. The minimum absolute atomic E-state index is 0.236. The molecule has 2 fully saturated rings. The number of ether oxygens (including phenoxy) is 4. The summed E-state index contributed by atoms with van der Waals surface area (Å²) in [5.74, 6) is -0.236. The van der Waals surface area contributed by atoms with Gasteiger partial charge < -0.3 is 65.1 Å². The van der Waals surface area contributed by atoms with E-state index in [4.69, 9.17) is 18.9 Å². The SMILES string of the molecule is CCCCCCC/C=C\C/C=C\C/C=C\CCCCCCCCCCCCCCCCC(=O)NC(COC1OC(CO)C(OC2OC(CO)C(O)C(O)C2O)C(O)C1O)C(O)/C=C/CCCCCCCCCCCCCCCCCCCCCCCC. The van der Waals surface area contributed by atoms with Gasteiger partial charge in [0.25, 0.3) is 0 Å². The Hall–Kier alpha value is -2.05. The molecule has 0 aromatic carbocycles. The van der Waals surface area contributed by atoms with E-state index in [1.807, 2.05) is 6.08 Å². The Morgan fingerprint density at radius 1 is 0.414 bits per heavy atom. The van der Waals surface area contributed by atoms with Crippen molar-refractivity contribution in [1.29, 1.82) is 0 Å². The molecule has 2 rings (SSSR count). The van der Waals surface area contributed by atoms with E-state index in [1.165, 1.54) is 238 Å². The molecule has 1 amide bonds. The normalized spacial score (nSPS) is 23.5. The molecule has 2 heterocycles. The Kier molecular flexibility index (Phi) is 53.9. The molecule has 12 atom stereocenters. The molecule has 510 valence electrons. The third-order valence-electron chi connectivity index (χ3n) is 17.8. The molecule has 2 saturated heterocycles. The van der Waals surface area contributed by atoms with Crippen molar-refractivity contribution in [3.8, 4) is 0 Å². The second-order valence-electron chi connectivity index (χ2n) is 25.7. The van der Waals surface area contributed by atoms with Gasteiger partial charge in [0.2, 0.25) is 5.91 Å². The van der Waals surface area contributed by atoms with Gasteiger partial charge in [0.1, 0.15) is 48.8 Å². The number of hydrogen-bond donors (Lipinski definition) is 9. The molecule has 0 aromatic rings. The first-order chi connectivity index (χ1) is 42.6. The summed E-state index contributed by atoms with van der Waals surface area (Å²) < 4.78 is 22.9. The second-order valence-corrected chi connectivity index (χ2v) is 25.7. The van der Waals surface area contributed by atoms with Gasteiger partial charge in [-0.3, -0.25) is 4.79 Å². The van der Waals surface area contributed by atoms with Gasteiger partial charge in [-0.15, -0.1) is 0 Å². The van der Waals surface area contributed by atoms with Crippen LogP contribution in [-0.4, -0.2) is 140 Å². The fourth-order valence-electron chi connectivity index (χ4n) is 11.9. The van der Waals surface area contributed by atoms with Crippen LogP contribution in [-0.2, 0) is 23.7 Å². The van der Waals surface area contributed by atoms with E-state index in [2.05, 4.69) is 55.6 Å². The van der Waals surface area contributed by atoms with Gasteiger partial charge >= 0.3 is 0 Å². The van der Waals surface area contributed by atoms with Crippen LogP contribution in [0.4, 0.5) is 0 Å². The molecule has 0 saturated carbocycles. The summed E-state index contributed by atoms with van der Waals surface area (Å²) in [6.45, 7) is 2.83. The summed E-state index contributed by atoms with van der Waals surface area (Å²) in [6, 6.07) is -0.917. The maximum Gasteiger partial charge on any atom is 0.220 e. The number of rotatable bonds is 60. The number of amides is 1. The third-order valence-corrected chi connectivity index (χ3v) is 17.8. The molecule has 2 aliphatic heterocycles. The topological polar surface area (TPSA) is 228 Å². The lowest BCUT2D eigenvalue weighted by atomic mass is 9.97. The van der Waals surface area contributed by atoms with E-state index < -0.39 is 86.8 Å². The van der Waals surface area contributed by atoms with Crippen molar-refractivity contribution in [3.63, 3.8) is 0 Å². The first kappa shape index (κ1) is 81.0. The summed E-state index contributed by atoms with van der Waals surface area (Å²) in [7, 11) is 0. The summed E-state index contributed by atoms with van der Waals surface area (Å²) in [5, 5.41) is 87.5. The van der Waals surface area contributed by atoms with Gasteiger partial charge in [0.15, 0.2) is 12.6 Å². The fraction of sp³-hybridized carbons (Fsp3) is 0.877. The lowest BCUT2D eigenvalue weighted by Gasteiger charge is -2.46. The number of carbonyl (C=O) groups excluding carboxylic acids is 1. The molecule has 0 radical (unpaired) electrons. The van der Waals surface area contributed by atoms with E-state index >= 15 is 0 Å². The Morgan fingerprint density at radius 2 is 0.759 bits per heavy atom. The van der Waals surface area contributed by atoms with Crippen molar-refractivity contribution in [1.82, 2.24) is 5.32 Å². The Morgan fingerprint density at radius 3 is 1.16 bits per heavy atom. The third kappa shape index (κ3) is 41.9. The second kappa shape index (κ2) is 57.8. The summed E-state index contributed by atoms with van der Waals surface area (Å²) in [5.41, 5.74) is 0. The van der Waals surface area contributed by atoms with E-state index in [1.54, 1.807) is 6.08 Å². The Balaban J connectivity index is 1.67. The smallest absolute Gasteiger partial charge is 0.220 e. The maximum absolute atomic E-state index is 13.3. The van der Waals surface area contributed by atoms with Gasteiger partial charge in [0.05, 0.1) is 32.0 Å². The van der Waals surface area contributed by atoms with Crippen molar-refractivity contribution in [3.05, 3.63) is 48.6 Å². The highest BCUT2D eigenvalue weighted by Crippen LogP contribution is 2.30. The Bertz CT molecular complexity index is 1640. The van der Waals surface area contributed by atoms with E-state index in [9.17, 15) is 45.6 Å². The van der Waals surface area contributed by atoms with Crippen molar-refractivity contribution in [2.75, 3.05) is 19.8 Å². The lowest BCUT2D eigenvalue weighted by Crippen LogP contribution is -2.65. The van der Waals surface area contributed by atoms with Gasteiger partial charge in [0, 0.05) is 6.42 Å². The minimum atomic E-state index is -1.79. The van der Waals surface area contributed by atoms with Crippen LogP contribution < -0.4 is 5.32 Å². The number of aliphatic hydroxyl groups is 8. The quantitative estimate of drug-likeness (QED) is 0.0204. The molecule has 14 heteroatoms. The highest BCUT2D eigenvalue weighted by atomic mass is 16.7.